The second-order valence-corrected chi connectivity index (χ2v) is 3.13. The Kier molecular flexibility index (Phi) is 3.93. The number of hydrogen-bond acceptors (Lipinski definition) is 2. The van der Waals surface area contributed by atoms with Crippen LogP contribution in [0.1, 0.15) is 17.2 Å². The Morgan fingerprint density at radius 1 is 1.41 bits per heavy atom. The van der Waals surface area contributed by atoms with Crippen molar-refractivity contribution >= 4 is 0 Å². The van der Waals surface area contributed by atoms with Crippen LogP contribution in [0.2, 0.25) is 0 Å². The maximum Gasteiger partial charge on any atom is 0.416 e. The highest BCUT2D eigenvalue weighted by Gasteiger charge is 2.35. The molecule has 1 N–H and O–H groups in total. The standard InChI is InChI=1S/C9H7F4N3O/c10-5-1-2-7(9(11,12)13)6(3-5)8(4-17)15-16-14/h1-3,8,17H,4H2. The number of nitrogens with zero attached hydrogens (tertiary/aromatic N) is 3. The first kappa shape index (κ1) is 13.3. The number of alkyl halides is 3. The molecule has 0 heterocycles. The summed E-state index contributed by atoms with van der Waals surface area (Å²) in [5.74, 6) is -0.903. The van der Waals surface area contributed by atoms with Gasteiger partial charge in [-0.15, -0.1) is 0 Å². The monoisotopic (exact) mass is 249 g/mol. The minimum Gasteiger partial charge on any atom is -0.396 e. The van der Waals surface area contributed by atoms with Crippen molar-refractivity contribution in [3.8, 4) is 0 Å². The number of hydrogen-bond donors (Lipinski definition) is 1. The Bertz CT molecular complexity index is 454. The maximum atomic E-state index is 12.9. The Morgan fingerprint density at radius 3 is 2.53 bits per heavy atom. The molecule has 0 aliphatic rings. The van der Waals surface area contributed by atoms with Gasteiger partial charge in [-0.25, -0.2) is 4.39 Å². The molecule has 0 radical (unpaired) electrons. The van der Waals surface area contributed by atoms with E-state index in [9.17, 15) is 17.6 Å². The Morgan fingerprint density at radius 2 is 2.06 bits per heavy atom. The van der Waals surface area contributed by atoms with Crippen molar-refractivity contribution in [2.75, 3.05) is 6.61 Å². The smallest absolute Gasteiger partial charge is 0.396 e. The lowest BCUT2D eigenvalue weighted by molar-refractivity contribution is -0.138. The van der Waals surface area contributed by atoms with Gasteiger partial charge in [0.15, 0.2) is 0 Å². The van der Waals surface area contributed by atoms with Crippen molar-refractivity contribution in [3.05, 3.63) is 45.6 Å². The summed E-state index contributed by atoms with van der Waals surface area (Å²) >= 11 is 0. The highest BCUT2D eigenvalue weighted by Crippen LogP contribution is 2.36. The zero-order valence-electron chi connectivity index (χ0n) is 8.32. The molecule has 0 aliphatic heterocycles. The normalized spacial score (nSPS) is 13.0. The van der Waals surface area contributed by atoms with Crippen molar-refractivity contribution < 1.29 is 22.7 Å². The van der Waals surface area contributed by atoms with Crippen molar-refractivity contribution in [1.82, 2.24) is 0 Å². The summed E-state index contributed by atoms with van der Waals surface area (Å²) in [6, 6.07) is 0.322. The first-order valence-corrected chi connectivity index (χ1v) is 4.42. The van der Waals surface area contributed by atoms with E-state index in [0.29, 0.717) is 18.2 Å². The molecular weight excluding hydrogens is 242 g/mol. The summed E-state index contributed by atoms with van der Waals surface area (Å²) in [7, 11) is 0. The predicted octanol–water partition coefficient (Wildman–Crippen LogP) is 3.19. The van der Waals surface area contributed by atoms with Gasteiger partial charge in [0, 0.05) is 4.91 Å². The van der Waals surface area contributed by atoms with Gasteiger partial charge < -0.3 is 5.11 Å². The van der Waals surface area contributed by atoms with Crippen LogP contribution >= 0.6 is 0 Å². The quantitative estimate of drug-likeness (QED) is 0.380. The molecule has 1 atom stereocenters. The summed E-state index contributed by atoms with van der Waals surface area (Å²) in [5.41, 5.74) is 6.45. The molecule has 0 saturated heterocycles. The molecule has 0 amide bonds. The van der Waals surface area contributed by atoms with Gasteiger partial charge in [-0.3, -0.25) is 0 Å². The van der Waals surface area contributed by atoms with Gasteiger partial charge >= 0.3 is 6.18 Å². The SMILES string of the molecule is [N-]=[N+]=NC(CO)c1cc(F)ccc1C(F)(F)F. The number of aliphatic hydroxyl groups is 1. The predicted molar refractivity (Wildman–Crippen MR) is 50.4 cm³/mol. The lowest BCUT2D eigenvalue weighted by Gasteiger charge is -2.16. The second-order valence-electron chi connectivity index (χ2n) is 3.13. The number of benzene rings is 1. The Labute approximate surface area is 93.1 Å². The van der Waals surface area contributed by atoms with Crippen LogP contribution in [0, 0.1) is 5.82 Å². The highest BCUT2D eigenvalue weighted by atomic mass is 19.4. The maximum absolute atomic E-state index is 12.9. The van der Waals surface area contributed by atoms with E-state index in [0.717, 1.165) is 0 Å². The summed E-state index contributed by atoms with van der Waals surface area (Å²) in [6.45, 7) is -0.837. The summed E-state index contributed by atoms with van der Waals surface area (Å²) in [4.78, 5) is 2.31. The fraction of sp³-hybridized carbons (Fsp3) is 0.333. The molecule has 1 unspecified atom stereocenters. The number of azide groups is 1. The molecule has 1 rings (SSSR count). The molecule has 8 heteroatoms. The van der Waals surface area contributed by atoms with E-state index in [1.165, 1.54) is 0 Å². The van der Waals surface area contributed by atoms with Gasteiger partial charge in [-0.2, -0.15) is 13.2 Å². The topological polar surface area (TPSA) is 69.0 Å². The third-order valence-electron chi connectivity index (χ3n) is 2.04. The summed E-state index contributed by atoms with van der Waals surface area (Å²) in [6.07, 6.45) is -4.71. The Balaban J connectivity index is 3.37. The van der Waals surface area contributed by atoms with Gasteiger partial charge in [0.25, 0.3) is 0 Å². The lowest BCUT2D eigenvalue weighted by Crippen LogP contribution is -2.13. The van der Waals surface area contributed by atoms with Crippen LogP contribution in [0.4, 0.5) is 17.6 Å². The lowest BCUT2D eigenvalue weighted by atomic mass is 10.0. The van der Waals surface area contributed by atoms with Crippen molar-refractivity contribution in [3.63, 3.8) is 0 Å². The largest absolute Gasteiger partial charge is 0.416 e. The second kappa shape index (κ2) is 5.03. The zero-order chi connectivity index (χ0) is 13.1. The molecule has 0 aromatic heterocycles. The van der Waals surface area contributed by atoms with Gasteiger partial charge in [0.1, 0.15) is 5.82 Å². The molecule has 1 aromatic carbocycles. The van der Waals surface area contributed by atoms with Crippen LogP contribution in [0.15, 0.2) is 23.3 Å². The van der Waals surface area contributed by atoms with Crippen LogP contribution < -0.4 is 0 Å². The third-order valence-corrected chi connectivity index (χ3v) is 2.04. The molecule has 4 nitrogen and oxygen atoms in total. The van der Waals surface area contributed by atoms with Crippen molar-refractivity contribution in [1.29, 1.82) is 0 Å². The molecule has 17 heavy (non-hydrogen) atoms. The highest BCUT2D eigenvalue weighted by molar-refractivity contribution is 5.33. The minimum atomic E-state index is -4.71. The first-order chi connectivity index (χ1) is 7.90. The fourth-order valence-electron chi connectivity index (χ4n) is 1.33. The molecule has 0 aliphatic carbocycles. The van der Waals surface area contributed by atoms with Crippen molar-refractivity contribution in [2.45, 2.75) is 12.2 Å². The van der Waals surface area contributed by atoms with Gasteiger partial charge in [0.2, 0.25) is 0 Å². The van der Waals surface area contributed by atoms with E-state index in [1.807, 2.05) is 0 Å². The number of halogens is 4. The molecule has 92 valence electrons. The van der Waals surface area contributed by atoms with Gasteiger partial charge in [0.05, 0.1) is 18.2 Å². The molecule has 1 aromatic rings. The molecule has 0 saturated carbocycles. The van der Waals surface area contributed by atoms with E-state index < -0.39 is 35.8 Å². The van der Waals surface area contributed by atoms with E-state index in [-0.39, 0.29) is 0 Å². The fourth-order valence-corrected chi connectivity index (χ4v) is 1.33. The summed E-state index contributed by atoms with van der Waals surface area (Å²) in [5, 5.41) is 11.8. The first-order valence-electron chi connectivity index (χ1n) is 4.42. The van der Waals surface area contributed by atoms with Crippen LogP contribution in [0.25, 0.3) is 10.4 Å². The number of aliphatic hydroxyl groups excluding tert-OH is 1. The van der Waals surface area contributed by atoms with Crippen molar-refractivity contribution in [2.24, 2.45) is 5.11 Å². The van der Waals surface area contributed by atoms with E-state index in [4.69, 9.17) is 10.6 Å². The zero-order valence-corrected chi connectivity index (χ0v) is 8.32. The van der Waals surface area contributed by atoms with E-state index in [1.54, 1.807) is 0 Å². The van der Waals surface area contributed by atoms with Crippen LogP contribution in [0.5, 0.6) is 0 Å². The Hall–Kier alpha value is -1.79. The minimum absolute atomic E-state index is 0.542. The third kappa shape index (κ3) is 3.08. The molecule has 0 spiro atoms. The van der Waals surface area contributed by atoms with Crippen LogP contribution in [-0.2, 0) is 6.18 Å². The molecule has 0 bridgehead atoms. The molecule has 0 fully saturated rings. The van der Waals surface area contributed by atoms with E-state index in [2.05, 4.69) is 10.0 Å². The number of rotatable bonds is 3. The van der Waals surface area contributed by atoms with Crippen LogP contribution in [-0.4, -0.2) is 11.7 Å². The average Bonchev–Trinajstić information content (AvgIpc) is 2.24. The summed E-state index contributed by atoms with van der Waals surface area (Å²) < 4.78 is 50.6. The molecular formula is C9H7F4N3O. The van der Waals surface area contributed by atoms with Gasteiger partial charge in [-0.05, 0) is 29.3 Å². The average molecular weight is 249 g/mol. The van der Waals surface area contributed by atoms with E-state index >= 15 is 0 Å². The van der Waals surface area contributed by atoms with Gasteiger partial charge in [-0.1, -0.05) is 5.11 Å². The van der Waals surface area contributed by atoms with Crippen LogP contribution in [0.3, 0.4) is 0 Å².